The van der Waals surface area contributed by atoms with Crippen LogP contribution in [0.4, 0.5) is 4.39 Å². The van der Waals surface area contributed by atoms with Crippen molar-refractivity contribution >= 4 is 5.78 Å². The molecule has 0 atom stereocenters. The SMILES string of the molecule is Cc1ccc(C(=O)Cc2ccccn2)cc1F. The summed E-state index contributed by atoms with van der Waals surface area (Å²) in [6.45, 7) is 1.67. The Morgan fingerprint density at radius 3 is 2.76 bits per heavy atom. The van der Waals surface area contributed by atoms with Crippen molar-refractivity contribution in [2.75, 3.05) is 0 Å². The Morgan fingerprint density at radius 2 is 2.12 bits per heavy atom. The molecule has 1 heterocycles. The van der Waals surface area contributed by atoms with E-state index in [1.165, 1.54) is 6.07 Å². The Labute approximate surface area is 99.1 Å². The maximum absolute atomic E-state index is 13.3. The third-order valence-electron chi connectivity index (χ3n) is 2.56. The van der Waals surface area contributed by atoms with Crippen molar-refractivity contribution in [3.63, 3.8) is 0 Å². The van der Waals surface area contributed by atoms with Crippen molar-refractivity contribution in [3.8, 4) is 0 Å². The summed E-state index contributed by atoms with van der Waals surface area (Å²) in [6.07, 6.45) is 1.83. The number of ketones is 1. The van der Waals surface area contributed by atoms with Gasteiger partial charge in [0.15, 0.2) is 5.78 Å². The van der Waals surface area contributed by atoms with Gasteiger partial charge in [-0.15, -0.1) is 0 Å². The normalized spacial score (nSPS) is 10.2. The number of carbonyl (C=O) groups excluding carboxylic acids is 1. The third kappa shape index (κ3) is 2.75. The maximum atomic E-state index is 13.3. The van der Waals surface area contributed by atoms with Crippen LogP contribution in [0.2, 0.25) is 0 Å². The fraction of sp³-hybridized carbons (Fsp3) is 0.143. The van der Waals surface area contributed by atoms with Crippen molar-refractivity contribution in [1.29, 1.82) is 0 Å². The van der Waals surface area contributed by atoms with Gasteiger partial charge in [0.2, 0.25) is 0 Å². The van der Waals surface area contributed by atoms with Gasteiger partial charge in [-0.1, -0.05) is 18.2 Å². The summed E-state index contributed by atoms with van der Waals surface area (Å²) < 4.78 is 13.3. The van der Waals surface area contributed by atoms with Gasteiger partial charge >= 0.3 is 0 Å². The molecular weight excluding hydrogens is 217 g/mol. The van der Waals surface area contributed by atoms with Crippen molar-refractivity contribution in [3.05, 3.63) is 65.2 Å². The summed E-state index contributed by atoms with van der Waals surface area (Å²) >= 11 is 0. The second-order valence-electron chi connectivity index (χ2n) is 3.88. The van der Waals surface area contributed by atoms with Crippen molar-refractivity contribution < 1.29 is 9.18 Å². The first-order chi connectivity index (χ1) is 8.16. The lowest BCUT2D eigenvalue weighted by atomic mass is 10.0. The number of aryl methyl sites for hydroxylation is 1. The highest BCUT2D eigenvalue weighted by Gasteiger charge is 2.09. The number of benzene rings is 1. The van der Waals surface area contributed by atoms with Gasteiger partial charge in [0.1, 0.15) is 5.82 Å². The van der Waals surface area contributed by atoms with Crippen LogP contribution in [0.1, 0.15) is 21.6 Å². The van der Waals surface area contributed by atoms with Crippen LogP contribution < -0.4 is 0 Å². The molecule has 1 aromatic carbocycles. The molecule has 0 unspecified atom stereocenters. The van der Waals surface area contributed by atoms with Crippen LogP contribution in [0.5, 0.6) is 0 Å². The Kier molecular flexibility index (Phi) is 3.28. The highest BCUT2D eigenvalue weighted by atomic mass is 19.1. The quantitative estimate of drug-likeness (QED) is 0.757. The Balaban J connectivity index is 2.18. The molecule has 0 N–H and O–H groups in total. The predicted octanol–water partition coefficient (Wildman–Crippen LogP) is 2.95. The van der Waals surface area contributed by atoms with E-state index in [0.29, 0.717) is 16.8 Å². The van der Waals surface area contributed by atoms with Crippen LogP contribution in [0.25, 0.3) is 0 Å². The Hall–Kier alpha value is -2.03. The lowest BCUT2D eigenvalue weighted by molar-refractivity contribution is 0.0991. The zero-order chi connectivity index (χ0) is 12.3. The average molecular weight is 229 g/mol. The summed E-state index contributed by atoms with van der Waals surface area (Å²) in [5.41, 5.74) is 1.62. The third-order valence-corrected chi connectivity index (χ3v) is 2.56. The molecule has 0 aliphatic rings. The molecule has 0 aliphatic heterocycles. The van der Waals surface area contributed by atoms with Crippen molar-refractivity contribution in [2.45, 2.75) is 13.3 Å². The van der Waals surface area contributed by atoms with Crippen LogP contribution in [0.3, 0.4) is 0 Å². The minimum absolute atomic E-state index is 0.123. The van der Waals surface area contributed by atoms with Gasteiger partial charge in [0.25, 0.3) is 0 Å². The minimum Gasteiger partial charge on any atom is -0.294 e. The van der Waals surface area contributed by atoms with E-state index in [1.807, 2.05) is 6.07 Å². The molecular formula is C14H12FNO. The molecule has 0 saturated heterocycles. The van der Waals surface area contributed by atoms with Crippen molar-refractivity contribution in [2.24, 2.45) is 0 Å². The number of Topliss-reactive ketones (excluding diaryl/α,β-unsaturated/α-hetero) is 1. The average Bonchev–Trinajstić information content (AvgIpc) is 2.34. The van der Waals surface area contributed by atoms with E-state index < -0.39 is 0 Å². The summed E-state index contributed by atoms with van der Waals surface area (Å²) in [5, 5.41) is 0. The number of aromatic nitrogens is 1. The van der Waals surface area contributed by atoms with Crippen LogP contribution in [-0.4, -0.2) is 10.8 Å². The second kappa shape index (κ2) is 4.87. The molecule has 0 radical (unpaired) electrons. The van der Waals surface area contributed by atoms with Gasteiger partial charge in [-0.2, -0.15) is 0 Å². The molecule has 0 fully saturated rings. The molecule has 17 heavy (non-hydrogen) atoms. The first kappa shape index (κ1) is 11.5. The van der Waals surface area contributed by atoms with Crippen LogP contribution >= 0.6 is 0 Å². The number of hydrogen-bond acceptors (Lipinski definition) is 2. The van der Waals surface area contributed by atoms with Crippen LogP contribution in [-0.2, 0) is 6.42 Å². The largest absolute Gasteiger partial charge is 0.294 e. The molecule has 0 saturated carbocycles. The number of carbonyl (C=O) groups is 1. The molecule has 86 valence electrons. The molecule has 1 aromatic heterocycles. The van der Waals surface area contributed by atoms with E-state index in [4.69, 9.17) is 0 Å². The van der Waals surface area contributed by atoms with E-state index >= 15 is 0 Å². The standard InChI is InChI=1S/C14H12FNO/c1-10-5-6-11(8-13(10)15)14(17)9-12-4-2-3-7-16-12/h2-8H,9H2,1H3. The predicted molar refractivity (Wildman–Crippen MR) is 63.4 cm³/mol. The van der Waals surface area contributed by atoms with Gasteiger partial charge in [-0.3, -0.25) is 9.78 Å². The lowest BCUT2D eigenvalue weighted by Crippen LogP contribution is -2.05. The number of hydrogen-bond donors (Lipinski definition) is 0. The monoisotopic (exact) mass is 229 g/mol. The van der Waals surface area contributed by atoms with E-state index in [-0.39, 0.29) is 18.0 Å². The molecule has 2 aromatic rings. The van der Waals surface area contributed by atoms with Crippen LogP contribution in [0.15, 0.2) is 42.6 Å². The number of halogens is 1. The van der Waals surface area contributed by atoms with E-state index in [0.717, 1.165) is 0 Å². The van der Waals surface area contributed by atoms with Gasteiger partial charge in [-0.25, -0.2) is 4.39 Å². The van der Waals surface area contributed by atoms with E-state index in [2.05, 4.69) is 4.98 Å². The maximum Gasteiger partial charge on any atom is 0.168 e. The topological polar surface area (TPSA) is 30.0 Å². The molecule has 2 nitrogen and oxygen atoms in total. The molecule has 0 amide bonds. The number of nitrogens with zero attached hydrogens (tertiary/aromatic N) is 1. The highest BCUT2D eigenvalue weighted by molar-refractivity contribution is 5.97. The lowest BCUT2D eigenvalue weighted by Gasteiger charge is -2.02. The molecule has 3 heteroatoms. The first-order valence-corrected chi connectivity index (χ1v) is 5.36. The number of pyridine rings is 1. The second-order valence-corrected chi connectivity index (χ2v) is 3.88. The Bertz CT molecular complexity index is 537. The summed E-state index contributed by atoms with van der Waals surface area (Å²) in [4.78, 5) is 15.9. The van der Waals surface area contributed by atoms with Crippen molar-refractivity contribution in [1.82, 2.24) is 4.98 Å². The smallest absolute Gasteiger partial charge is 0.168 e. The summed E-state index contributed by atoms with van der Waals surface area (Å²) in [6, 6.07) is 9.93. The molecule has 0 bridgehead atoms. The minimum atomic E-state index is -0.350. The van der Waals surface area contributed by atoms with E-state index in [1.54, 1.807) is 37.4 Å². The zero-order valence-electron chi connectivity index (χ0n) is 9.48. The van der Waals surface area contributed by atoms with Gasteiger partial charge in [-0.05, 0) is 30.7 Å². The number of rotatable bonds is 3. The molecule has 2 rings (SSSR count). The van der Waals surface area contributed by atoms with Gasteiger partial charge in [0, 0.05) is 17.5 Å². The summed E-state index contributed by atoms with van der Waals surface area (Å²) in [7, 11) is 0. The first-order valence-electron chi connectivity index (χ1n) is 5.36. The van der Waals surface area contributed by atoms with Crippen LogP contribution in [0, 0.1) is 12.7 Å². The van der Waals surface area contributed by atoms with E-state index in [9.17, 15) is 9.18 Å². The van der Waals surface area contributed by atoms with Gasteiger partial charge in [0.05, 0.1) is 6.42 Å². The molecule has 0 spiro atoms. The summed E-state index contributed by atoms with van der Waals surface area (Å²) in [5.74, 6) is -0.473. The Morgan fingerprint density at radius 1 is 1.29 bits per heavy atom. The van der Waals surface area contributed by atoms with Gasteiger partial charge < -0.3 is 0 Å². The highest BCUT2D eigenvalue weighted by Crippen LogP contribution is 2.11. The fourth-order valence-corrected chi connectivity index (χ4v) is 1.54. The zero-order valence-corrected chi connectivity index (χ0v) is 9.48. The fourth-order valence-electron chi connectivity index (χ4n) is 1.54. The molecule has 0 aliphatic carbocycles.